The number of carboxylic acid groups (broad SMARTS) is 1. The molecule has 2 aromatic rings. The van der Waals surface area contributed by atoms with Crippen LogP contribution in [0.15, 0.2) is 47.9 Å². The van der Waals surface area contributed by atoms with Gasteiger partial charge in [-0.05, 0) is 73.2 Å². The van der Waals surface area contributed by atoms with Crippen molar-refractivity contribution >= 4 is 17.3 Å². The molecule has 2 saturated heterocycles. The van der Waals surface area contributed by atoms with Crippen molar-refractivity contribution < 1.29 is 33.6 Å². The van der Waals surface area contributed by atoms with Gasteiger partial charge >= 0.3 is 5.97 Å². The van der Waals surface area contributed by atoms with E-state index in [0.29, 0.717) is 13.0 Å². The molecule has 3 fully saturated rings. The first-order chi connectivity index (χ1) is 20.6. The van der Waals surface area contributed by atoms with E-state index in [4.69, 9.17) is 28.8 Å². The molecule has 5 atom stereocenters. The lowest BCUT2D eigenvalue weighted by atomic mass is 9.94. The number of carbonyl (C=O) groups is 1. The highest BCUT2D eigenvalue weighted by Gasteiger charge is 2.48. The van der Waals surface area contributed by atoms with E-state index >= 15 is 0 Å². The largest absolute Gasteiger partial charge is 0.497 e. The minimum Gasteiger partial charge on any atom is -0.497 e. The Morgan fingerprint density at radius 3 is 2.67 bits per heavy atom. The van der Waals surface area contributed by atoms with Gasteiger partial charge < -0.3 is 28.8 Å². The molecule has 1 aliphatic carbocycles. The molecule has 1 saturated carbocycles. The second-order valence-electron chi connectivity index (χ2n) is 11.4. The van der Waals surface area contributed by atoms with E-state index in [9.17, 15) is 4.79 Å². The maximum atomic E-state index is 10.9. The van der Waals surface area contributed by atoms with Crippen molar-refractivity contribution in [3.05, 3.63) is 52.7 Å². The number of morpholine rings is 1. The zero-order chi connectivity index (χ0) is 29.1. The maximum Gasteiger partial charge on any atom is 0.303 e. The van der Waals surface area contributed by atoms with E-state index in [1.807, 2.05) is 12.1 Å². The van der Waals surface area contributed by atoms with Crippen molar-refractivity contribution in [1.82, 2.24) is 4.90 Å². The molecule has 9 heteroatoms. The molecule has 0 radical (unpaired) electrons. The molecule has 230 valence electrons. The van der Waals surface area contributed by atoms with E-state index in [-0.39, 0.29) is 36.9 Å². The number of aliphatic carboxylic acids is 1. The van der Waals surface area contributed by atoms with E-state index in [1.54, 1.807) is 18.4 Å². The lowest BCUT2D eigenvalue weighted by Gasteiger charge is -2.39. The smallest absolute Gasteiger partial charge is 0.303 e. The van der Waals surface area contributed by atoms with Crippen LogP contribution in [0, 0.1) is 5.92 Å². The van der Waals surface area contributed by atoms with Gasteiger partial charge in [0, 0.05) is 49.4 Å². The van der Waals surface area contributed by atoms with Gasteiger partial charge in [0.15, 0.2) is 6.29 Å². The summed E-state index contributed by atoms with van der Waals surface area (Å²) in [5, 5.41) is 11.2. The number of allylic oxidation sites excluding steroid dienone is 2. The number of rotatable bonds is 14. The third-order valence-electron chi connectivity index (χ3n) is 8.55. The predicted molar refractivity (Wildman–Crippen MR) is 163 cm³/mol. The number of unbranched alkanes of at least 4 members (excludes halogenated alkanes) is 1. The van der Waals surface area contributed by atoms with Crippen molar-refractivity contribution in [3.63, 3.8) is 0 Å². The van der Waals surface area contributed by atoms with Gasteiger partial charge in [-0.25, -0.2) is 0 Å². The fraction of sp³-hybridized carbons (Fsp3) is 0.606. The monoisotopic (exact) mass is 599 g/mol. The number of ether oxygens (including phenoxy) is 5. The molecule has 8 nitrogen and oxygen atoms in total. The molecule has 1 aromatic carbocycles. The topological polar surface area (TPSA) is 86.7 Å². The van der Waals surface area contributed by atoms with Crippen molar-refractivity contribution in [2.75, 3.05) is 40.0 Å². The minimum absolute atomic E-state index is 0.0276. The van der Waals surface area contributed by atoms with Gasteiger partial charge in [0.05, 0.1) is 39.1 Å². The van der Waals surface area contributed by atoms with Crippen LogP contribution in [0.25, 0.3) is 11.1 Å². The summed E-state index contributed by atoms with van der Waals surface area (Å²) in [6.45, 7) is 4.56. The molecule has 0 amide bonds. The third-order valence-corrected chi connectivity index (χ3v) is 9.46. The van der Waals surface area contributed by atoms with Gasteiger partial charge in [0.2, 0.25) is 0 Å². The predicted octanol–water partition coefficient (Wildman–Crippen LogP) is 6.14. The summed E-state index contributed by atoms with van der Waals surface area (Å²) in [4.78, 5) is 14.7. The second-order valence-corrected chi connectivity index (χ2v) is 12.4. The van der Waals surface area contributed by atoms with Gasteiger partial charge in [0.1, 0.15) is 5.75 Å². The SMILES string of the molecule is COc1ccc(-c2csc(COC3CC(OC4CCCCO4)C(N4CCOCC4)C3CC=CCCCC(=O)O)c2)cc1. The van der Waals surface area contributed by atoms with Crippen LogP contribution in [0.5, 0.6) is 5.75 Å². The quantitative estimate of drug-likeness (QED) is 0.205. The Morgan fingerprint density at radius 2 is 1.93 bits per heavy atom. The van der Waals surface area contributed by atoms with Crippen molar-refractivity contribution in [2.24, 2.45) is 5.92 Å². The summed E-state index contributed by atoms with van der Waals surface area (Å²) < 4.78 is 30.5. The summed E-state index contributed by atoms with van der Waals surface area (Å²) in [5.74, 6) is 0.369. The summed E-state index contributed by atoms with van der Waals surface area (Å²) in [7, 11) is 1.68. The fourth-order valence-corrected chi connectivity index (χ4v) is 7.19. The van der Waals surface area contributed by atoms with E-state index in [1.165, 1.54) is 16.0 Å². The first kappa shape index (κ1) is 31.2. The lowest BCUT2D eigenvalue weighted by molar-refractivity contribution is -0.200. The Labute approximate surface area is 253 Å². The average molecular weight is 600 g/mol. The number of benzene rings is 1. The zero-order valence-corrected chi connectivity index (χ0v) is 25.5. The van der Waals surface area contributed by atoms with Crippen LogP contribution in [-0.2, 0) is 30.3 Å². The minimum atomic E-state index is -0.742. The normalized spacial score (nSPS) is 27.0. The molecule has 42 heavy (non-hydrogen) atoms. The first-order valence-corrected chi connectivity index (χ1v) is 16.3. The number of nitrogens with zero attached hydrogens (tertiary/aromatic N) is 1. The van der Waals surface area contributed by atoms with Gasteiger partial charge in [0.25, 0.3) is 0 Å². The van der Waals surface area contributed by atoms with Crippen molar-refractivity contribution in [1.29, 1.82) is 0 Å². The number of methoxy groups -OCH3 is 1. The Hall–Kier alpha value is -2.27. The van der Waals surface area contributed by atoms with Gasteiger partial charge in [-0.15, -0.1) is 11.3 Å². The van der Waals surface area contributed by atoms with Crippen LogP contribution in [0.3, 0.4) is 0 Å². The van der Waals surface area contributed by atoms with E-state index < -0.39 is 5.97 Å². The number of hydrogen-bond acceptors (Lipinski definition) is 8. The molecule has 0 bridgehead atoms. The molecule has 5 rings (SSSR count). The van der Waals surface area contributed by atoms with Crippen LogP contribution in [0.1, 0.15) is 56.2 Å². The molecule has 5 unspecified atom stereocenters. The maximum absolute atomic E-state index is 10.9. The Bertz CT molecular complexity index is 1120. The molecule has 1 aromatic heterocycles. The summed E-state index contributed by atoms with van der Waals surface area (Å²) in [6.07, 6.45) is 10.8. The Morgan fingerprint density at radius 1 is 1.10 bits per heavy atom. The molecular formula is C33H45NO7S. The first-order valence-electron chi connectivity index (χ1n) is 15.4. The highest BCUT2D eigenvalue weighted by Crippen LogP contribution is 2.40. The van der Waals surface area contributed by atoms with Crippen LogP contribution in [-0.4, -0.2) is 80.5 Å². The number of thiophene rings is 1. The molecule has 3 heterocycles. The highest BCUT2D eigenvalue weighted by molar-refractivity contribution is 7.10. The average Bonchev–Trinajstić information content (AvgIpc) is 3.63. The zero-order valence-electron chi connectivity index (χ0n) is 24.7. The molecule has 2 aliphatic heterocycles. The Balaban J connectivity index is 1.29. The molecule has 1 N–H and O–H groups in total. The Kier molecular flexibility index (Phi) is 11.9. The summed E-state index contributed by atoms with van der Waals surface area (Å²) in [5.41, 5.74) is 2.36. The third kappa shape index (κ3) is 8.65. The molecule has 3 aliphatic rings. The van der Waals surface area contributed by atoms with Crippen LogP contribution >= 0.6 is 11.3 Å². The summed E-state index contributed by atoms with van der Waals surface area (Å²) >= 11 is 1.73. The van der Waals surface area contributed by atoms with E-state index in [2.05, 4.69) is 40.6 Å². The number of carboxylic acids is 1. The van der Waals surface area contributed by atoms with Gasteiger partial charge in [-0.1, -0.05) is 24.3 Å². The number of hydrogen-bond donors (Lipinski definition) is 1. The van der Waals surface area contributed by atoms with Gasteiger partial charge in [-0.2, -0.15) is 0 Å². The molecule has 0 spiro atoms. The van der Waals surface area contributed by atoms with Crippen LogP contribution < -0.4 is 4.74 Å². The second kappa shape index (κ2) is 16.0. The van der Waals surface area contributed by atoms with Crippen LogP contribution in [0.2, 0.25) is 0 Å². The highest BCUT2D eigenvalue weighted by atomic mass is 32.1. The van der Waals surface area contributed by atoms with Crippen molar-refractivity contribution in [3.8, 4) is 16.9 Å². The summed E-state index contributed by atoms with van der Waals surface area (Å²) in [6, 6.07) is 10.6. The van der Waals surface area contributed by atoms with E-state index in [0.717, 1.165) is 77.2 Å². The fourth-order valence-electron chi connectivity index (χ4n) is 6.38. The standard InChI is InChI=1S/C33H45NO7S/c1-37-26-13-11-24(12-14-26)25-20-27(42-23-25)22-40-29-21-30(41-32-10-6-7-17-39-32)33(34-15-18-38-19-16-34)28(29)8-4-2-3-5-9-31(35)36/h2,4,11-14,20,23,28-30,32-33H,3,5-10,15-19,21-22H2,1H3,(H,35,36). The van der Waals surface area contributed by atoms with Crippen LogP contribution in [0.4, 0.5) is 0 Å². The van der Waals surface area contributed by atoms with Gasteiger partial charge in [-0.3, -0.25) is 9.69 Å². The lowest BCUT2D eigenvalue weighted by Crippen LogP contribution is -2.51. The molecular weight excluding hydrogens is 554 g/mol. The van der Waals surface area contributed by atoms with Crippen molar-refractivity contribution in [2.45, 2.75) is 82.5 Å².